The number of halogens is 4. The fraction of sp³-hybridized carbons (Fsp3) is 0.0833. The number of carbonyl (C=O) groups excluding carboxylic acids is 1. The van der Waals surface area contributed by atoms with Crippen molar-refractivity contribution in [2.24, 2.45) is 10.8 Å². The van der Waals surface area contributed by atoms with Crippen LogP contribution in [0.15, 0.2) is 70.6 Å². The molecule has 0 aliphatic carbocycles. The zero-order valence-corrected chi connectivity index (χ0v) is 19.7. The van der Waals surface area contributed by atoms with Gasteiger partial charge in [0.05, 0.1) is 27.6 Å². The topological polar surface area (TPSA) is 143 Å². The number of para-hydroxylation sites is 1. The molecule has 38 heavy (non-hydrogen) atoms. The van der Waals surface area contributed by atoms with Crippen molar-refractivity contribution in [3.8, 4) is 17.1 Å². The Bertz CT molecular complexity index is 1670. The summed E-state index contributed by atoms with van der Waals surface area (Å²) in [6.07, 6.45) is -3.68. The Hall–Kier alpha value is -4.78. The monoisotopic (exact) mass is 545 g/mol. The summed E-state index contributed by atoms with van der Waals surface area (Å²) in [7, 11) is 0. The van der Waals surface area contributed by atoms with Gasteiger partial charge in [-0.1, -0.05) is 35.9 Å². The average molecular weight is 546 g/mol. The van der Waals surface area contributed by atoms with Crippen molar-refractivity contribution >= 4 is 40.3 Å². The zero-order valence-electron chi connectivity index (χ0n) is 19.0. The second-order valence-electron chi connectivity index (χ2n) is 7.75. The number of alkyl halides is 3. The molecule has 4 rings (SSSR count). The summed E-state index contributed by atoms with van der Waals surface area (Å²) in [5.74, 6) is -1.56. The third-order valence-electron chi connectivity index (χ3n) is 5.13. The van der Waals surface area contributed by atoms with Crippen LogP contribution in [0.5, 0.6) is 5.75 Å². The van der Waals surface area contributed by atoms with E-state index in [4.69, 9.17) is 22.1 Å². The van der Waals surface area contributed by atoms with Crippen LogP contribution in [0.1, 0.15) is 11.1 Å². The number of hydrogen-bond acceptors (Lipinski definition) is 7. The Labute approximate surface area is 215 Å². The molecule has 194 valence electrons. The summed E-state index contributed by atoms with van der Waals surface area (Å²) in [6, 6.07) is 12.5. The molecule has 0 aliphatic heterocycles. The first-order valence-corrected chi connectivity index (χ1v) is 11.0. The van der Waals surface area contributed by atoms with Crippen LogP contribution in [0.3, 0.4) is 0 Å². The fourth-order valence-electron chi connectivity index (χ4n) is 3.50. The smallest absolute Gasteiger partial charge is 0.416 e. The average Bonchev–Trinajstić information content (AvgIpc) is 2.86. The number of primary amides is 1. The molecule has 0 saturated carbocycles. The summed E-state index contributed by atoms with van der Waals surface area (Å²) in [6.45, 7) is -0.712. The second-order valence-corrected chi connectivity index (χ2v) is 8.18. The lowest BCUT2D eigenvalue weighted by Gasteiger charge is -2.12. The van der Waals surface area contributed by atoms with Crippen molar-refractivity contribution in [3.05, 3.63) is 97.3 Å². The van der Waals surface area contributed by atoms with E-state index in [2.05, 4.69) is 10.1 Å². The van der Waals surface area contributed by atoms with E-state index in [0.29, 0.717) is 0 Å². The first-order valence-electron chi connectivity index (χ1n) is 10.6. The number of carbonyl (C=O) groups is 1. The number of aromatic nitrogens is 2. The number of nitro groups is 1. The second kappa shape index (κ2) is 10.3. The fourth-order valence-corrected chi connectivity index (χ4v) is 3.73. The van der Waals surface area contributed by atoms with Crippen molar-refractivity contribution < 1.29 is 27.6 Å². The molecular formula is C24H15ClF3N5O5. The summed E-state index contributed by atoms with van der Waals surface area (Å²) in [4.78, 5) is 39.6. The minimum Gasteiger partial charge on any atom is -0.476 e. The van der Waals surface area contributed by atoms with E-state index in [9.17, 15) is 32.9 Å². The van der Waals surface area contributed by atoms with E-state index in [-0.39, 0.29) is 32.9 Å². The molecule has 2 N–H and O–H groups in total. The number of ether oxygens (including phenoxy) is 1. The van der Waals surface area contributed by atoms with Crippen LogP contribution in [0.2, 0.25) is 5.02 Å². The predicted octanol–water partition coefficient (Wildman–Crippen LogP) is 4.39. The Morgan fingerprint density at radius 1 is 1.18 bits per heavy atom. The molecule has 0 unspecified atom stereocenters. The molecule has 1 amide bonds. The number of hydrogen-bond donors (Lipinski definition) is 1. The molecule has 14 heteroatoms. The maximum absolute atomic E-state index is 13.4. The van der Waals surface area contributed by atoms with Gasteiger partial charge in [0.2, 0.25) is 5.75 Å². The van der Waals surface area contributed by atoms with Crippen LogP contribution in [0.25, 0.3) is 22.3 Å². The van der Waals surface area contributed by atoms with E-state index in [0.717, 1.165) is 35.2 Å². The van der Waals surface area contributed by atoms with Crippen molar-refractivity contribution in [2.75, 3.05) is 6.61 Å². The highest BCUT2D eigenvalue weighted by Crippen LogP contribution is 2.34. The Kier molecular flexibility index (Phi) is 7.12. The summed E-state index contributed by atoms with van der Waals surface area (Å²) >= 11 is 6.01. The molecule has 4 aromatic rings. The van der Waals surface area contributed by atoms with E-state index in [1.165, 1.54) is 24.3 Å². The number of nitro benzene ring substituents is 1. The Balaban J connectivity index is 1.95. The quantitative estimate of drug-likeness (QED) is 0.207. The standard InChI is InChI=1S/C24H15ClF3N5O5/c25-16-9-14(21(38-12-20(29)34)19(10-16)33(36)37)11-30-32-22(13-4-3-5-15(8-13)24(26,27)28)31-18-7-2-1-6-17(18)23(32)35/h1-11H,12H2,(H2,29,34). The molecule has 0 fully saturated rings. The summed E-state index contributed by atoms with van der Waals surface area (Å²) in [5.41, 5.74) is 2.81. The molecule has 3 aromatic carbocycles. The largest absolute Gasteiger partial charge is 0.476 e. The molecule has 0 aliphatic rings. The first-order chi connectivity index (χ1) is 18.0. The molecule has 0 radical (unpaired) electrons. The molecule has 10 nitrogen and oxygen atoms in total. The number of benzene rings is 3. The van der Waals surface area contributed by atoms with Crippen molar-refractivity contribution in [3.63, 3.8) is 0 Å². The van der Waals surface area contributed by atoms with Gasteiger partial charge in [-0.2, -0.15) is 22.9 Å². The van der Waals surface area contributed by atoms with Gasteiger partial charge in [-0.15, -0.1) is 0 Å². The van der Waals surface area contributed by atoms with Gasteiger partial charge < -0.3 is 10.5 Å². The number of nitrogens with two attached hydrogens (primary N) is 1. The predicted molar refractivity (Wildman–Crippen MR) is 132 cm³/mol. The Morgan fingerprint density at radius 2 is 1.92 bits per heavy atom. The van der Waals surface area contributed by atoms with Crippen LogP contribution in [0, 0.1) is 10.1 Å². The van der Waals surface area contributed by atoms with Crippen LogP contribution in [-0.2, 0) is 11.0 Å². The minimum atomic E-state index is -4.66. The third-order valence-corrected chi connectivity index (χ3v) is 5.35. The van der Waals surface area contributed by atoms with Crippen LogP contribution in [-0.4, -0.2) is 33.3 Å². The number of fused-ring (bicyclic) bond motifs is 1. The van der Waals surface area contributed by atoms with Gasteiger partial charge in [-0.25, -0.2) is 4.98 Å². The van der Waals surface area contributed by atoms with Crippen molar-refractivity contribution in [1.82, 2.24) is 9.66 Å². The molecule has 1 heterocycles. The first kappa shape index (κ1) is 26.3. The van der Waals surface area contributed by atoms with E-state index < -0.39 is 46.2 Å². The van der Waals surface area contributed by atoms with Gasteiger partial charge in [-0.05, 0) is 30.3 Å². The number of rotatable bonds is 7. The molecule has 0 bridgehead atoms. The Morgan fingerprint density at radius 3 is 2.61 bits per heavy atom. The molecule has 0 saturated heterocycles. The highest BCUT2D eigenvalue weighted by Gasteiger charge is 2.31. The number of nitrogens with zero attached hydrogens (tertiary/aromatic N) is 4. The summed E-state index contributed by atoms with van der Waals surface area (Å²) in [5, 5.41) is 15.7. The van der Waals surface area contributed by atoms with Gasteiger partial charge in [0, 0.05) is 22.2 Å². The van der Waals surface area contributed by atoms with E-state index in [1.807, 2.05) is 0 Å². The highest BCUT2D eigenvalue weighted by atomic mass is 35.5. The lowest BCUT2D eigenvalue weighted by molar-refractivity contribution is -0.385. The van der Waals surface area contributed by atoms with Crippen LogP contribution < -0.4 is 16.0 Å². The van der Waals surface area contributed by atoms with Crippen molar-refractivity contribution in [1.29, 1.82) is 0 Å². The minimum absolute atomic E-state index is 0.0675. The molecular weight excluding hydrogens is 531 g/mol. The van der Waals surface area contributed by atoms with Gasteiger partial charge in [-0.3, -0.25) is 19.7 Å². The normalized spacial score (nSPS) is 11.7. The van der Waals surface area contributed by atoms with E-state index in [1.54, 1.807) is 12.1 Å². The molecule has 0 atom stereocenters. The maximum Gasteiger partial charge on any atom is 0.416 e. The zero-order chi connectivity index (χ0) is 27.6. The number of amides is 1. The third kappa shape index (κ3) is 5.47. The van der Waals surface area contributed by atoms with E-state index >= 15 is 0 Å². The lowest BCUT2D eigenvalue weighted by atomic mass is 10.1. The van der Waals surface area contributed by atoms with Crippen LogP contribution >= 0.6 is 11.6 Å². The van der Waals surface area contributed by atoms with Gasteiger partial charge >= 0.3 is 11.9 Å². The summed E-state index contributed by atoms with van der Waals surface area (Å²) < 4.78 is 46.1. The molecule has 1 aromatic heterocycles. The van der Waals surface area contributed by atoms with Crippen LogP contribution in [0.4, 0.5) is 18.9 Å². The highest BCUT2D eigenvalue weighted by molar-refractivity contribution is 6.31. The maximum atomic E-state index is 13.4. The molecule has 0 spiro atoms. The SMILES string of the molecule is NC(=O)COc1c(C=Nn2c(-c3cccc(C(F)(F)F)c3)nc3ccccc3c2=O)cc(Cl)cc1[N+](=O)[O-]. The lowest BCUT2D eigenvalue weighted by Crippen LogP contribution is -2.21. The van der Waals surface area contributed by atoms with Gasteiger partial charge in [0.15, 0.2) is 12.4 Å². The van der Waals surface area contributed by atoms with Crippen molar-refractivity contribution in [2.45, 2.75) is 6.18 Å². The van der Waals surface area contributed by atoms with Gasteiger partial charge in [0.25, 0.3) is 11.5 Å². The van der Waals surface area contributed by atoms with Gasteiger partial charge in [0.1, 0.15) is 0 Å².